The van der Waals surface area contributed by atoms with Crippen molar-refractivity contribution in [2.24, 2.45) is 5.92 Å². The van der Waals surface area contributed by atoms with E-state index in [4.69, 9.17) is 4.74 Å². The van der Waals surface area contributed by atoms with Gasteiger partial charge in [0.25, 0.3) is 0 Å². The van der Waals surface area contributed by atoms with Gasteiger partial charge in [-0.25, -0.2) is 0 Å². The van der Waals surface area contributed by atoms with Crippen LogP contribution in [0.2, 0.25) is 0 Å². The Morgan fingerprint density at radius 1 is 1.37 bits per heavy atom. The molecule has 0 aromatic heterocycles. The first-order valence-corrected chi connectivity index (χ1v) is 7.07. The second kappa shape index (κ2) is 5.12. The highest BCUT2D eigenvalue weighted by Gasteiger charge is 2.48. The molecule has 2 fully saturated rings. The Bertz CT molecular complexity index is 373. The molecule has 5 heteroatoms. The lowest BCUT2D eigenvalue weighted by atomic mass is 9.89. The maximum Gasteiger partial charge on any atom is 0.248 e. The van der Waals surface area contributed by atoms with Gasteiger partial charge in [0, 0.05) is 6.61 Å². The molecule has 19 heavy (non-hydrogen) atoms. The average molecular weight is 268 g/mol. The zero-order chi connectivity index (χ0) is 14.2. The lowest BCUT2D eigenvalue weighted by Crippen LogP contribution is -2.71. The highest BCUT2D eigenvalue weighted by Crippen LogP contribution is 2.27. The summed E-state index contributed by atoms with van der Waals surface area (Å²) < 4.78 is 5.49. The van der Waals surface area contributed by atoms with Gasteiger partial charge in [-0.3, -0.25) is 9.59 Å². The van der Waals surface area contributed by atoms with Gasteiger partial charge in [-0.05, 0) is 32.6 Å². The van der Waals surface area contributed by atoms with Gasteiger partial charge in [-0.2, -0.15) is 0 Å². The standard InChI is InChI=1S/C14H24N2O3/c1-9(2)11-12(17)15-14(3,4)13(18)16(11)10-6-5-7-19-8-10/h9-11H,5-8H2,1-4H3,(H,15,17). The van der Waals surface area contributed by atoms with Crippen molar-refractivity contribution >= 4 is 11.8 Å². The van der Waals surface area contributed by atoms with Crippen LogP contribution in [0.4, 0.5) is 0 Å². The fourth-order valence-corrected chi connectivity index (χ4v) is 2.97. The van der Waals surface area contributed by atoms with Crippen molar-refractivity contribution in [3.8, 4) is 0 Å². The third kappa shape index (κ3) is 2.61. The summed E-state index contributed by atoms with van der Waals surface area (Å²) in [6, 6.07) is -0.355. The maximum atomic E-state index is 12.7. The lowest BCUT2D eigenvalue weighted by molar-refractivity contribution is -0.161. The molecule has 2 aliphatic rings. The number of piperazine rings is 1. The number of hydrogen-bond acceptors (Lipinski definition) is 3. The number of nitrogens with one attached hydrogen (secondary N) is 1. The van der Waals surface area contributed by atoms with Crippen molar-refractivity contribution in [1.29, 1.82) is 0 Å². The van der Waals surface area contributed by atoms with E-state index in [0.717, 1.165) is 19.4 Å². The van der Waals surface area contributed by atoms with E-state index >= 15 is 0 Å². The Morgan fingerprint density at radius 2 is 2.05 bits per heavy atom. The van der Waals surface area contributed by atoms with Gasteiger partial charge in [-0.1, -0.05) is 13.8 Å². The van der Waals surface area contributed by atoms with Gasteiger partial charge in [0.15, 0.2) is 0 Å². The van der Waals surface area contributed by atoms with Crippen LogP contribution in [0.15, 0.2) is 0 Å². The van der Waals surface area contributed by atoms with Crippen LogP contribution >= 0.6 is 0 Å². The average Bonchev–Trinajstić information content (AvgIpc) is 2.33. The molecule has 2 atom stereocenters. The van der Waals surface area contributed by atoms with E-state index < -0.39 is 5.54 Å². The Labute approximate surface area is 114 Å². The summed E-state index contributed by atoms with van der Waals surface area (Å²) in [7, 11) is 0. The van der Waals surface area contributed by atoms with Crippen molar-refractivity contribution in [2.45, 2.75) is 58.2 Å². The van der Waals surface area contributed by atoms with Crippen LogP contribution in [0, 0.1) is 5.92 Å². The third-order valence-electron chi connectivity index (χ3n) is 3.93. The zero-order valence-corrected chi connectivity index (χ0v) is 12.2. The molecule has 0 aromatic carbocycles. The highest BCUT2D eigenvalue weighted by molar-refractivity contribution is 5.99. The number of carbonyl (C=O) groups excluding carboxylic acids is 2. The summed E-state index contributed by atoms with van der Waals surface area (Å²) >= 11 is 0. The first-order valence-electron chi connectivity index (χ1n) is 7.07. The lowest BCUT2D eigenvalue weighted by Gasteiger charge is -2.48. The van der Waals surface area contributed by atoms with Crippen LogP contribution in [0.5, 0.6) is 0 Å². The predicted molar refractivity (Wildman–Crippen MR) is 71.5 cm³/mol. The summed E-state index contributed by atoms with van der Waals surface area (Å²) in [5.74, 6) is 0.0495. The first-order chi connectivity index (χ1) is 8.84. The molecule has 0 spiro atoms. The second-order valence-electron chi connectivity index (χ2n) is 6.39. The molecule has 2 rings (SSSR count). The van der Waals surface area contributed by atoms with Crippen molar-refractivity contribution in [2.75, 3.05) is 13.2 Å². The monoisotopic (exact) mass is 268 g/mol. The molecule has 0 bridgehead atoms. The smallest absolute Gasteiger partial charge is 0.248 e. The van der Waals surface area contributed by atoms with Crippen LogP contribution in [0.3, 0.4) is 0 Å². The Morgan fingerprint density at radius 3 is 2.58 bits per heavy atom. The molecule has 2 heterocycles. The van der Waals surface area contributed by atoms with E-state index in [9.17, 15) is 9.59 Å². The molecule has 0 saturated carbocycles. The molecular formula is C14H24N2O3. The van der Waals surface area contributed by atoms with E-state index in [2.05, 4.69) is 5.32 Å². The number of ether oxygens (including phenoxy) is 1. The van der Waals surface area contributed by atoms with Crippen LogP contribution in [-0.4, -0.2) is 47.6 Å². The van der Waals surface area contributed by atoms with E-state index in [-0.39, 0.29) is 29.8 Å². The minimum Gasteiger partial charge on any atom is -0.379 e. The largest absolute Gasteiger partial charge is 0.379 e. The minimum absolute atomic E-state index is 0.00120. The molecule has 2 aliphatic heterocycles. The molecule has 0 aromatic rings. The first kappa shape index (κ1) is 14.3. The zero-order valence-electron chi connectivity index (χ0n) is 12.2. The van der Waals surface area contributed by atoms with Crippen molar-refractivity contribution in [1.82, 2.24) is 10.2 Å². The molecule has 0 radical (unpaired) electrons. The highest BCUT2D eigenvalue weighted by atomic mass is 16.5. The molecule has 108 valence electrons. The molecule has 1 N–H and O–H groups in total. The Kier molecular flexibility index (Phi) is 3.85. The van der Waals surface area contributed by atoms with Gasteiger partial charge < -0.3 is 15.0 Å². The van der Waals surface area contributed by atoms with Crippen LogP contribution < -0.4 is 5.32 Å². The van der Waals surface area contributed by atoms with Gasteiger partial charge in [-0.15, -0.1) is 0 Å². The Balaban J connectivity index is 2.31. The summed E-state index contributed by atoms with van der Waals surface area (Å²) in [4.78, 5) is 26.7. The fourth-order valence-electron chi connectivity index (χ4n) is 2.97. The normalized spacial score (nSPS) is 31.5. The molecule has 2 amide bonds. The van der Waals surface area contributed by atoms with Crippen molar-refractivity contribution in [3.63, 3.8) is 0 Å². The van der Waals surface area contributed by atoms with Crippen LogP contribution in [0.25, 0.3) is 0 Å². The Hall–Kier alpha value is -1.10. The number of amides is 2. The number of nitrogens with zero attached hydrogens (tertiary/aromatic N) is 1. The maximum absolute atomic E-state index is 12.7. The van der Waals surface area contributed by atoms with Gasteiger partial charge in [0.05, 0.1) is 12.6 Å². The van der Waals surface area contributed by atoms with E-state index in [0.29, 0.717) is 6.61 Å². The fraction of sp³-hybridized carbons (Fsp3) is 0.857. The molecule has 5 nitrogen and oxygen atoms in total. The van der Waals surface area contributed by atoms with Crippen LogP contribution in [0.1, 0.15) is 40.5 Å². The van der Waals surface area contributed by atoms with Crippen molar-refractivity contribution < 1.29 is 14.3 Å². The summed E-state index contributed by atoms with van der Waals surface area (Å²) in [6.07, 6.45) is 1.86. The topological polar surface area (TPSA) is 58.6 Å². The van der Waals surface area contributed by atoms with Crippen molar-refractivity contribution in [3.05, 3.63) is 0 Å². The summed E-state index contributed by atoms with van der Waals surface area (Å²) in [6.45, 7) is 8.78. The minimum atomic E-state index is -0.820. The van der Waals surface area contributed by atoms with Gasteiger partial charge >= 0.3 is 0 Å². The number of carbonyl (C=O) groups is 2. The van der Waals surface area contributed by atoms with Gasteiger partial charge in [0.2, 0.25) is 11.8 Å². The molecule has 2 unspecified atom stereocenters. The van der Waals surface area contributed by atoms with Gasteiger partial charge in [0.1, 0.15) is 11.6 Å². The quantitative estimate of drug-likeness (QED) is 0.810. The van der Waals surface area contributed by atoms with E-state index in [1.165, 1.54) is 0 Å². The summed E-state index contributed by atoms with van der Waals surface area (Å²) in [5.41, 5.74) is -0.820. The summed E-state index contributed by atoms with van der Waals surface area (Å²) in [5, 5.41) is 2.83. The number of hydrogen-bond donors (Lipinski definition) is 1. The van der Waals surface area contributed by atoms with Crippen LogP contribution in [-0.2, 0) is 14.3 Å². The predicted octanol–water partition coefficient (Wildman–Crippen LogP) is 0.927. The molecule has 0 aliphatic carbocycles. The number of rotatable bonds is 2. The van der Waals surface area contributed by atoms with E-state index in [1.807, 2.05) is 13.8 Å². The van der Waals surface area contributed by atoms with E-state index in [1.54, 1.807) is 18.7 Å². The second-order valence-corrected chi connectivity index (χ2v) is 6.39. The third-order valence-corrected chi connectivity index (χ3v) is 3.93. The SMILES string of the molecule is CC(C)C1C(=O)NC(C)(C)C(=O)N1C1CCCOC1. The molecule has 2 saturated heterocycles. The molecular weight excluding hydrogens is 244 g/mol.